The average molecular weight is 1930 g/mol. The number of nitrogens with two attached hydrogens (primary N) is 4. The van der Waals surface area contributed by atoms with Gasteiger partial charge >= 0.3 is 0 Å². The Kier molecular flexibility index (Phi) is 33.8. The maximum absolute atomic E-state index is 13.4. The van der Waals surface area contributed by atoms with Crippen molar-refractivity contribution in [3.8, 4) is 22.7 Å². The lowest BCUT2D eigenvalue weighted by molar-refractivity contribution is 0.101. The van der Waals surface area contributed by atoms with Gasteiger partial charge in [0.2, 0.25) is 0 Å². The summed E-state index contributed by atoms with van der Waals surface area (Å²) in [4.78, 5) is 53.5. The number of nitrogens with one attached hydrogen (secondary N) is 8. The molecule has 0 saturated heterocycles. The Morgan fingerprint density at radius 3 is 0.895 bits per heavy atom. The molecule has 0 aliphatic heterocycles. The van der Waals surface area contributed by atoms with E-state index in [0.717, 1.165) is 161 Å². The van der Waals surface area contributed by atoms with Gasteiger partial charge in [0.25, 0.3) is 23.6 Å². The van der Waals surface area contributed by atoms with Gasteiger partial charge in [-0.3, -0.25) is 19.2 Å². The van der Waals surface area contributed by atoms with Crippen molar-refractivity contribution < 1.29 is 19.2 Å². The normalized spacial score (nSPS) is 13.5. The first-order valence-corrected chi connectivity index (χ1v) is 49.7. The molecule has 4 atom stereocenters. The zero-order chi connectivity index (χ0) is 100. The number of benzene rings is 12. The van der Waals surface area contributed by atoms with Gasteiger partial charge in [0, 0.05) is 60.0 Å². The lowest BCUT2D eigenvalue weighted by atomic mass is 9.93. The summed E-state index contributed by atoms with van der Waals surface area (Å²) in [6.07, 6.45) is 7.71. The molecule has 3 saturated carbocycles. The number of carbonyl (C=O) groups excluding carboxylic acids is 4. The maximum Gasteiger partial charge on any atom is 0.274 e. The predicted octanol–water partition coefficient (Wildman–Crippen LogP) is 21.5. The van der Waals surface area contributed by atoms with E-state index >= 15 is 0 Å². The molecule has 3 aliphatic carbocycles. The molecule has 3 aliphatic rings. The smallest absolute Gasteiger partial charge is 0.274 e. The van der Waals surface area contributed by atoms with E-state index in [1.165, 1.54) is 66.3 Å². The van der Waals surface area contributed by atoms with Crippen LogP contribution in [0.3, 0.4) is 0 Å². The van der Waals surface area contributed by atoms with Crippen molar-refractivity contribution in [2.45, 2.75) is 157 Å². The van der Waals surface area contributed by atoms with Gasteiger partial charge in [-0.15, -0.1) is 0 Å². The van der Waals surface area contributed by atoms with Crippen molar-refractivity contribution in [1.29, 1.82) is 0 Å². The van der Waals surface area contributed by atoms with Gasteiger partial charge in [-0.05, 0) is 344 Å². The number of carbonyl (C=O) groups is 4. The number of halogens is 1. The SMILES string of the molecule is Cc1cc(C(=O)Nc2cccc(C(NC(C)C)c3ccccc3)c2)n(-c2cccc(CN)c2)n1.Cc1cc(C(=O)Nc2cccc(C(NCC3CC3)c3ccccc3)c2)n(-c2cccc(CN)c2)n1.Cc1ccc(C(NCC2CC2)c2cccc(NC(=O)c3cc(C)nn3-c3cccc(CN)c3)c2)c(C)c1.Cc1ccc(C(NCC2CC2)c2cccc(NC(=O)c3cc(C)nn3-c3cccc(CN)c3)c2)c(Cl)c1. The van der Waals surface area contributed by atoms with Crippen LogP contribution < -0.4 is 65.5 Å². The van der Waals surface area contributed by atoms with Crippen LogP contribution in [0, 0.1) is 66.2 Å². The average Bonchev–Trinajstić information content (AvgIpc) is 1.54. The Balaban J connectivity index is 0.000000137. The van der Waals surface area contributed by atoms with Crippen molar-refractivity contribution in [2.75, 3.05) is 40.9 Å². The number of rotatable bonds is 35. The Bertz CT molecular complexity index is 6870. The fourth-order valence-corrected chi connectivity index (χ4v) is 18.1. The second-order valence-electron chi connectivity index (χ2n) is 38.0. The third-order valence-electron chi connectivity index (χ3n) is 25.6. The van der Waals surface area contributed by atoms with E-state index in [4.69, 9.17) is 34.5 Å². The van der Waals surface area contributed by atoms with Crippen molar-refractivity contribution in [3.63, 3.8) is 0 Å². The molecule has 732 valence electrons. The summed E-state index contributed by atoms with van der Waals surface area (Å²) >= 11 is 6.68. The summed E-state index contributed by atoms with van der Waals surface area (Å²) in [5.74, 6) is 1.39. The van der Waals surface area contributed by atoms with E-state index in [-0.39, 0.29) is 47.8 Å². The third kappa shape index (κ3) is 27.2. The van der Waals surface area contributed by atoms with Gasteiger partial charge in [0.15, 0.2) is 0 Å². The van der Waals surface area contributed by atoms with Crippen LogP contribution in [0.25, 0.3) is 22.7 Å². The fourth-order valence-electron chi connectivity index (χ4n) is 17.7. The molecule has 4 amide bonds. The molecule has 0 radical (unpaired) electrons. The summed E-state index contributed by atoms with van der Waals surface area (Å²) in [6.45, 7) is 22.8. The van der Waals surface area contributed by atoms with E-state index in [2.05, 4.69) is 194 Å². The predicted molar refractivity (Wildman–Crippen MR) is 575 cm³/mol. The molecule has 25 heteroatoms. The van der Waals surface area contributed by atoms with Crippen LogP contribution >= 0.6 is 11.6 Å². The second kappa shape index (κ2) is 47.7. The molecule has 24 nitrogen and oxygen atoms in total. The minimum atomic E-state index is -0.230. The highest BCUT2D eigenvalue weighted by atomic mass is 35.5. The number of aromatic nitrogens is 8. The van der Waals surface area contributed by atoms with Crippen molar-refractivity contribution >= 4 is 58.0 Å². The van der Waals surface area contributed by atoms with Crippen molar-refractivity contribution in [2.24, 2.45) is 40.7 Å². The van der Waals surface area contributed by atoms with Crippen LogP contribution in [0.5, 0.6) is 0 Å². The van der Waals surface area contributed by atoms with E-state index in [1.807, 2.05) is 229 Å². The van der Waals surface area contributed by atoms with Gasteiger partial charge in [0.1, 0.15) is 22.8 Å². The first-order valence-electron chi connectivity index (χ1n) is 49.4. The van der Waals surface area contributed by atoms with Gasteiger partial charge in [-0.2, -0.15) is 20.4 Å². The van der Waals surface area contributed by atoms with Gasteiger partial charge in [0.05, 0.1) is 69.7 Å². The molecule has 143 heavy (non-hydrogen) atoms. The summed E-state index contributed by atoms with van der Waals surface area (Å²) in [5, 5.41) is 46.2. The first-order chi connectivity index (χ1) is 69.4. The monoisotopic (exact) mass is 1930 g/mol. The standard InChI is InChI=1S/C31H35N5O.C30H32ClN5O.C29H31N5O.C28H31N5O/c1-20-10-13-28(21(2)14-20)30(33-19-23-11-12-23)25-7-5-8-26(17-25)34-31(37)29-15-22(3)35-36(29)27-9-4-6-24(16-27)18-32;1-19-9-12-26(27(31)13-19)29(33-18-21-10-11-21)23-6-4-7-24(16-23)34-30(37)28-14-20(2)35-36(28)25-8-3-5-22(15-25)17-32;1-20-15-27(34(33-20)26-12-5-7-22(16-26)18-30)29(35)32-25-11-6-10-24(17-25)28(31-19-21-13-14-21)23-8-3-2-4-9-23;1-19(2)30-27(22-10-5-4-6-11-22)23-12-8-13-24(17-23)31-28(34)26-15-20(3)32-33(26)25-14-7-9-21(16-25)18-29/h4-10,13-17,23,30,33H,11-12,18-19,32H2,1-3H3,(H,34,37);3-9,12-16,21,29,33H,10-11,17-18,32H2,1-2H3,(H,34,37);2-12,15-17,21,28,31H,13-14,18-19,30H2,1H3,(H,32,35);4-17,19,27,30H,18,29H2,1-3H3,(H,31,34). The summed E-state index contributed by atoms with van der Waals surface area (Å²) in [5.41, 5.74) is 51.0. The molecular formula is C118H129ClN20O4. The highest BCUT2D eigenvalue weighted by Gasteiger charge is 2.30. The number of amides is 4. The molecule has 16 N–H and O–H groups in total. The highest BCUT2D eigenvalue weighted by Crippen LogP contribution is 2.38. The van der Waals surface area contributed by atoms with E-state index in [1.54, 1.807) is 36.9 Å². The van der Waals surface area contributed by atoms with E-state index in [9.17, 15) is 19.2 Å². The number of anilines is 4. The number of aryl methyl sites for hydroxylation is 7. The third-order valence-corrected chi connectivity index (χ3v) is 26.0. The first kappa shape index (κ1) is 101. The van der Waals surface area contributed by atoms with Crippen molar-refractivity contribution in [1.82, 2.24) is 60.4 Å². The highest BCUT2D eigenvalue weighted by molar-refractivity contribution is 6.31. The quantitative estimate of drug-likeness (QED) is 0.0176. The van der Waals surface area contributed by atoms with Crippen LogP contribution in [0.2, 0.25) is 5.02 Å². The van der Waals surface area contributed by atoms with Crippen LogP contribution in [-0.2, 0) is 26.2 Å². The summed E-state index contributed by atoms with van der Waals surface area (Å²) < 4.78 is 6.70. The van der Waals surface area contributed by atoms with Crippen molar-refractivity contribution in [3.05, 3.63) is 449 Å². The molecule has 0 spiro atoms. The lowest BCUT2D eigenvalue weighted by Crippen LogP contribution is -2.29. The van der Waals surface area contributed by atoms with Gasteiger partial charge in [-0.1, -0.05) is 205 Å². The molecule has 4 aromatic heterocycles. The zero-order valence-corrected chi connectivity index (χ0v) is 83.5. The number of hydrogen-bond donors (Lipinski definition) is 12. The molecule has 0 bridgehead atoms. The molecule has 4 unspecified atom stereocenters. The molecule has 19 rings (SSSR count). The van der Waals surface area contributed by atoms with Gasteiger partial charge in [-0.25, -0.2) is 18.7 Å². The Labute approximate surface area is 843 Å². The zero-order valence-electron chi connectivity index (χ0n) is 82.7. The van der Waals surface area contributed by atoms with Crippen LogP contribution in [0.1, 0.15) is 225 Å². The maximum atomic E-state index is 13.4. The Morgan fingerprint density at radius 2 is 0.587 bits per heavy atom. The Hall–Kier alpha value is -14.7. The van der Waals surface area contributed by atoms with Gasteiger partial charge < -0.3 is 65.5 Å². The molecule has 16 aromatic rings. The molecule has 4 heterocycles. The minimum Gasteiger partial charge on any atom is -0.326 e. The molecule has 3 fully saturated rings. The van der Waals surface area contributed by atoms with Crippen LogP contribution in [0.15, 0.2) is 315 Å². The molecule has 12 aromatic carbocycles. The molecular weight excluding hydrogens is 1800 g/mol. The Morgan fingerprint density at radius 1 is 0.308 bits per heavy atom. The number of nitrogens with zero attached hydrogens (tertiary/aromatic N) is 8. The van der Waals surface area contributed by atoms with Crippen LogP contribution in [-0.4, -0.2) is 88.4 Å². The largest absolute Gasteiger partial charge is 0.326 e. The lowest BCUT2D eigenvalue weighted by Gasteiger charge is -2.23. The topological polar surface area (TPSA) is 340 Å². The summed E-state index contributed by atoms with van der Waals surface area (Å²) in [6, 6.07) is 104. The van der Waals surface area contributed by atoms with E-state index < -0.39 is 0 Å². The second-order valence-corrected chi connectivity index (χ2v) is 38.4. The number of hydrogen-bond acceptors (Lipinski definition) is 16. The minimum absolute atomic E-state index is 0.0184. The van der Waals surface area contributed by atoms with Crippen LogP contribution in [0.4, 0.5) is 22.7 Å². The summed E-state index contributed by atoms with van der Waals surface area (Å²) in [7, 11) is 0. The van der Waals surface area contributed by atoms with E-state index in [0.29, 0.717) is 60.7 Å². The fraction of sp³-hybridized carbons (Fsp3) is 0.254.